The molecule has 0 aromatic carbocycles. The highest BCUT2D eigenvalue weighted by molar-refractivity contribution is 7.90. The van der Waals surface area contributed by atoms with Crippen LogP contribution in [0.2, 0.25) is 5.02 Å². The Morgan fingerprint density at radius 2 is 2.19 bits per heavy atom. The maximum Gasteiger partial charge on any atom is 0.352 e. The smallest absolute Gasteiger partial charge is 0.352 e. The zero-order valence-corrected chi connectivity index (χ0v) is 10.3. The Bertz CT molecular complexity index is 492. The summed E-state index contributed by atoms with van der Waals surface area (Å²) in [7, 11) is -3.01. The first-order valence-corrected chi connectivity index (χ1v) is 7.00. The van der Waals surface area contributed by atoms with Crippen LogP contribution in [-0.2, 0) is 16.4 Å². The molecule has 0 aliphatic heterocycles. The van der Waals surface area contributed by atoms with E-state index in [2.05, 4.69) is 0 Å². The summed E-state index contributed by atoms with van der Waals surface area (Å²) in [6, 6.07) is 1.34. The first kappa shape index (κ1) is 13.1. The third-order valence-corrected chi connectivity index (χ3v) is 3.23. The van der Waals surface area contributed by atoms with Gasteiger partial charge in [0.15, 0.2) is 0 Å². The Morgan fingerprint density at radius 1 is 1.56 bits per heavy atom. The van der Waals surface area contributed by atoms with Gasteiger partial charge in [0.05, 0.1) is 10.8 Å². The minimum absolute atomic E-state index is 0.0296. The standard InChI is InChI=1S/C9H12ClNO4S/c1-16(14,15)4-2-3-11-6-7(10)5-8(11)9(12)13/h5-6H,2-4H2,1H3,(H,12,13). The highest BCUT2D eigenvalue weighted by atomic mass is 35.5. The van der Waals surface area contributed by atoms with Crippen LogP contribution in [0.15, 0.2) is 12.3 Å². The number of halogens is 1. The lowest BCUT2D eigenvalue weighted by atomic mass is 10.4. The van der Waals surface area contributed by atoms with Crippen LogP contribution in [0, 0.1) is 0 Å². The number of hydrogen-bond acceptors (Lipinski definition) is 3. The van der Waals surface area contributed by atoms with Gasteiger partial charge in [-0.05, 0) is 12.5 Å². The molecule has 0 bridgehead atoms. The molecule has 1 N–H and O–H groups in total. The lowest BCUT2D eigenvalue weighted by molar-refractivity contribution is 0.0685. The zero-order valence-electron chi connectivity index (χ0n) is 8.68. The molecule has 0 aliphatic rings. The summed E-state index contributed by atoms with van der Waals surface area (Å²) >= 11 is 5.68. The Hall–Kier alpha value is -1.01. The van der Waals surface area contributed by atoms with E-state index in [1.165, 1.54) is 16.8 Å². The van der Waals surface area contributed by atoms with Gasteiger partial charge in [0, 0.05) is 19.0 Å². The van der Waals surface area contributed by atoms with Crippen molar-refractivity contribution in [1.29, 1.82) is 0 Å². The van der Waals surface area contributed by atoms with Crippen molar-refractivity contribution < 1.29 is 18.3 Å². The molecule has 5 nitrogen and oxygen atoms in total. The van der Waals surface area contributed by atoms with E-state index in [1.54, 1.807) is 0 Å². The fourth-order valence-corrected chi connectivity index (χ4v) is 2.21. The fraction of sp³-hybridized carbons (Fsp3) is 0.444. The number of aromatic nitrogens is 1. The molecule has 0 saturated heterocycles. The van der Waals surface area contributed by atoms with E-state index in [4.69, 9.17) is 16.7 Å². The van der Waals surface area contributed by atoms with Crippen molar-refractivity contribution in [3.05, 3.63) is 23.0 Å². The SMILES string of the molecule is CS(=O)(=O)CCCn1cc(Cl)cc1C(=O)O. The Kier molecular flexibility index (Phi) is 3.98. The van der Waals surface area contributed by atoms with Gasteiger partial charge in [-0.3, -0.25) is 0 Å². The van der Waals surface area contributed by atoms with E-state index in [1.807, 2.05) is 0 Å². The quantitative estimate of drug-likeness (QED) is 0.870. The molecule has 0 radical (unpaired) electrons. The van der Waals surface area contributed by atoms with Gasteiger partial charge in [-0.2, -0.15) is 0 Å². The van der Waals surface area contributed by atoms with Crippen LogP contribution >= 0.6 is 11.6 Å². The van der Waals surface area contributed by atoms with Crippen molar-refractivity contribution in [3.63, 3.8) is 0 Å². The number of carbonyl (C=O) groups is 1. The highest BCUT2D eigenvalue weighted by Crippen LogP contribution is 2.14. The van der Waals surface area contributed by atoms with E-state index in [0.29, 0.717) is 18.0 Å². The van der Waals surface area contributed by atoms with Gasteiger partial charge in [0.2, 0.25) is 0 Å². The van der Waals surface area contributed by atoms with Gasteiger partial charge in [-0.1, -0.05) is 11.6 Å². The van der Waals surface area contributed by atoms with Gasteiger partial charge in [0.1, 0.15) is 15.5 Å². The van der Waals surface area contributed by atoms with Crippen molar-refractivity contribution in [1.82, 2.24) is 4.57 Å². The molecule has 7 heteroatoms. The second kappa shape index (κ2) is 4.88. The number of hydrogen-bond donors (Lipinski definition) is 1. The van der Waals surface area contributed by atoms with E-state index in [-0.39, 0.29) is 11.4 Å². The van der Waals surface area contributed by atoms with Crippen LogP contribution < -0.4 is 0 Å². The molecule has 90 valence electrons. The van der Waals surface area contributed by atoms with Crippen LogP contribution in [0.25, 0.3) is 0 Å². The monoisotopic (exact) mass is 265 g/mol. The molecule has 1 aromatic rings. The largest absolute Gasteiger partial charge is 0.477 e. The fourth-order valence-electron chi connectivity index (χ4n) is 1.34. The van der Waals surface area contributed by atoms with Crippen molar-refractivity contribution in [3.8, 4) is 0 Å². The summed E-state index contributed by atoms with van der Waals surface area (Å²) < 4.78 is 23.2. The number of carboxylic acid groups (broad SMARTS) is 1. The van der Waals surface area contributed by atoms with E-state index in [0.717, 1.165) is 6.26 Å². The molecule has 0 amide bonds. The summed E-state index contributed by atoms with van der Waals surface area (Å²) in [4.78, 5) is 10.8. The van der Waals surface area contributed by atoms with Crippen LogP contribution in [0.3, 0.4) is 0 Å². The maximum absolute atomic E-state index is 10.9. The minimum atomic E-state index is -3.01. The van der Waals surface area contributed by atoms with Crippen molar-refractivity contribution >= 4 is 27.4 Å². The summed E-state index contributed by atoms with van der Waals surface area (Å²) in [6.45, 7) is 0.321. The van der Waals surface area contributed by atoms with E-state index in [9.17, 15) is 13.2 Å². The topological polar surface area (TPSA) is 76.4 Å². The molecule has 16 heavy (non-hydrogen) atoms. The molecule has 1 heterocycles. The van der Waals surface area contributed by atoms with Gasteiger partial charge in [-0.15, -0.1) is 0 Å². The molecule has 0 spiro atoms. The summed E-state index contributed by atoms with van der Waals surface area (Å²) in [5.74, 6) is -1.05. The van der Waals surface area contributed by atoms with E-state index >= 15 is 0 Å². The number of aromatic carboxylic acids is 1. The second-order valence-corrected chi connectivity index (χ2v) is 6.22. The number of carboxylic acids is 1. The summed E-state index contributed by atoms with van der Waals surface area (Å²) in [6.07, 6.45) is 2.99. The number of rotatable bonds is 5. The third kappa shape index (κ3) is 3.86. The molecule has 0 saturated carbocycles. The Morgan fingerprint density at radius 3 is 2.69 bits per heavy atom. The molecular weight excluding hydrogens is 254 g/mol. The molecule has 0 unspecified atom stereocenters. The summed E-state index contributed by atoms with van der Waals surface area (Å²) in [5, 5.41) is 9.17. The van der Waals surface area contributed by atoms with Crippen molar-refractivity contribution in [2.75, 3.05) is 12.0 Å². The molecule has 0 atom stereocenters. The third-order valence-electron chi connectivity index (χ3n) is 2.00. The van der Waals surface area contributed by atoms with E-state index < -0.39 is 15.8 Å². The maximum atomic E-state index is 10.9. The van der Waals surface area contributed by atoms with Crippen LogP contribution in [0.4, 0.5) is 0 Å². The Labute approximate surface area is 98.6 Å². The molecular formula is C9H12ClNO4S. The average Bonchev–Trinajstić information content (AvgIpc) is 2.44. The molecule has 0 fully saturated rings. The number of nitrogens with zero attached hydrogens (tertiary/aromatic N) is 1. The second-order valence-electron chi connectivity index (χ2n) is 3.53. The normalized spacial score (nSPS) is 11.6. The average molecular weight is 266 g/mol. The number of sulfone groups is 1. The van der Waals surface area contributed by atoms with Gasteiger partial charge in [-0.25, -0.2) is 13.2 Å². The first-order chi connectivity index (χ1) is 7.29. The van der Waals surface area contributed by atoms with Gasteiger partial charge in [0.25, 0.3) is 0 Å². The first-order valence-electron chi connectivity index (χ1n) is 4.56. The lowest BCUT2D eigenvalue weighted by Crippen LogP contribution is -2.11. The highest BCUT2D eigenvalue weighted by Gasteiger charge is 2.12. The van der Waals surface area contributed by atoms with Gasteiger partial charge < -0.3 is 9.67 Å². The van der Waals surface area contributed by atoms with Crippen LogP contribution in [0.1, 0.15) is 16.9 Å². The minimum Gasteiger partial charge on any atom is -0.477 e. The number of aryl methyl sites for hydroxylation is 1. The van der Waals surface area contributed by atoms with Crippen molar-refractivity contribution in [2.45, 2.75) is 13.0 Å². The predicted octanol–water partition coefficient (Wildman–Crippen LogP) is 1.27. The predicted molar refractivity (Wildman–Crippen MR) is 60.7 cm³/mol. The van der Waals surface area contributed by atoms with Gasteiger partial charge >= 0.3 is 5.97 Å². The molecule has 1 rings (SSSR count). The molecule has 0 aliphatic carbocycles. The zero-order chi connectivity index (χ0) is 12.3. The molecule has 1 aromatic heterocycles. The lowest BCUT2D eigenvalue weighted by Gasteiger charge is -2.04. The Balaban J connectivity index is 2.70. The van der Waals surface area contributed by atoms with Crippen LogP contribution in [-0.4, -0.2) is 36.1 Å². The van der Waals surface area contributed by atoms with Crippen molar-refractivity contribution in [2.24, 2.45) is 0 Å². The summed E-state index contributed by atoms with van der Waals surface area (Å²) in [5.41, 5.74) is 0.0681. The van der Waals surface area contributed by atoms with Crippen LogP contribution in [0.5, 0.6) is 0 Å².